The minimum absolute atomic E-state index is 0.448. The Hall–Kier alpha value is -4.06. The number of aromatic nitrogens is 4. The standard InChI is InChI=1S/C32H34N4O2/c1-4-6-7-10-23-13-15-25(16-14-23)29-33-35-31(37-29)27-11-8-12-28(21-27)32-36-34-30(38-32)26-19-17-24(18-20-26)22(3)9-5-2/h8,11-22H,4-7,9-10H2,1-3H3. The molecular formula is C32H34N4O2. The summed E-state index contributed by atoms with van der Waals surface area (Å²) >= 11 is 0. The molecule has 3 aromatic carbocycles. The molecule has 1 atom stereocenters. The molecule has 6 nitrogen and oxygen atoms in total. The topological polar surface area (TPSA) is 77.8 Å². The van der Waals surface area contributed by atoms with Crippen LogP contribution in [0.4, 0.5) is 0 Å². The van der Waals surface area contributed by atoms with Crippen molar-refractivity contribution in [2.24, 2.45) is 0 Å². The lowest BCUT2D eigenvalue weighted by molar-refractivity contribution is 0.582. The van der Waals surface area contributed by atoms with Crippen molar-refractivity contribution >= 4 is 0 Å². The molecule has 2 heterocycles. The molecular weight excluding hydrogens is 472 g/mol. The summed E-state index contributed by atoms with van der Waals surface area (Å²) in [6.07, 6.45) is 7.13. The zero-order valence-electron chi connectivity index (χ0n) is 22.4. The van der Waals surface area contributed by atoms with E-state index < -0.39 is 0 Å². The summed E-state index contributed by atoms with van der Waals surface area (Å²) in [5.41, 5.74) is 6.07. The lowest BCUT2D eigenvalue weighted by Gasteiger charge is -2.10. The molecule has 5 aromatic rings. The molecule has 38 heavy (non-hydrogen) atoms. The highest BCUT2D eigenvalue weighted by molar-refractivity contribution is 5.66. The molecule has 1 unspecified atom stereocenters. The quantitative estimate of drug-likeness (QED) is 0.167. The summed E-state index contributed by atoms with van der Waals surface area (Å²) in [7, 11) is 0. The van der Waals surface area contributed by atoms with Crippen LogP contribution in [0.1, 0.15) is 69.9 Å². The molecule has 5 rings (SSSR count). The fraction of sp³-hybridized carbons (Fsp3) is 0.312. The molecule has 0 N–H and O–H groups in total. The molecule has 0 fully saturated rings. The summed E-state index contributed by atoms with van der Waals surface area (Å²) in [6.45, 7) is 6.69. The smallest absolute Gasteiger partial charge is 0.248 e. The average molecular weight is 507 g/mol. The van der Waals surface area contributed by atoms with Gasteiger partial charge in [0.15, 0.2) is 0 Å². The van der Waals surface area contributed by atoms with Gasteiger partial charge in [-0.3, -0.25) is 0 Å². The van der Waals surface area contributed by atoms with Crippen molar-refractivity contribution in [3.05, 3.63) is 83.9 Å². The summed E-state index contributed by atoms with van der Waals surface area (Å²) in [4.78, 5) is 0. The minimum Gasteiger partial charge on any atom is -0.416 e. The van der Waals surface area contributed by atoms with Crippen molar-refractivity contribution in [1.82, 2.24) is 20.4 Å². The van der Waals surface area contributed by atoms with Crippen molar-refractivity contribution in [2.75, 3.05) is 0 Å². The van der Waals surface area contributed by atoms with Crippen LogP contribution in [0.2, 0.25) is 0 Å². The molecule has 0 aliphatic heterocycles. The number of benzene rings is 3. The van der Waals surface area contributed by atoms with Crippen LogP contribution in [0.3, 0.4) is 0 Å². The first kappa shape index (κ1) is 25.6. The second kappa shape index (κ2) is 12.0. The number of hydrogen-bond donors (Lipinski definition) is 0. The van der Waals surface area contributed by atoms with E-state index >= 15 is 0 Å². The zero-order chi connectivity index (χ0) is 26.3. The number of aryl methyl sites for hydroxylation is 1. The summed E-state index contributed by atoms with van der Waals surface area (Å²) in [5.74, 6) is 2.44. The van der Waals surface area contributed by atoms with Crippen molar-refractivity contribution in [1.29, 1.82) is 0 Å². The molecule has 0 spiro atoms. The summed E-state index contributed by atoms with van der Waals surface area (Å²) in [5, 5.41) is 17.1. The fourth-order valence-corrected chi connectivity index (χ4v) is 4.65. The first-order valence-electron chi connectivity index (χ1n) is 13.6. The van der Waals surface area contributed by atoms with E-state index in [0.29, 0.717) is 29.5 Å². The largest absolute Gasteiger partial charge is 0.416 e. The maximum atomic E-state index is 6.03. The van der Waals surface area contributed by atoms with Crippen molar-refractivity contribution < 1.29 is 8.83 Å². The van der Waals surface area contributed by atoms with E-state index in [0.717, 1.165) is 28.7 Å². The van der Waals surface area contributed by atoms with Gasteiger partial charge in [0.05, 0.1) is 0 Å². The van der Waals surface area contributed by atoms with Crippen LogP contribution in [0.25, 0.3) is 45.8 Å². The minimum atomic E-state index is 0.448. The second-order valence-corrected chi connectivity index (χ2v) is 9.87. The predicted octanol–water partition coefficient (Wildman–Crippen LogP) is 8.76. The van der Waals surface area contributed by atoms with E-state index in [2.05, 4.69) is 65.4 Å². The van der Waals surface area contributed by atoms with Gasteiger partial charge in [0, 0.05) is 22.3 Å². The molecule has 0 radical (unpaired) electrons. The van der Waals surface area contributed by atoms with Crippen LogP contribution in [-0.4, -0.2) is 20.4 Å². The average Bonchev–Trinajstić information content (AvgIpc) is 3.65. The highest BCUT2D eigenvalue weighted by Gasteiger charge is 2.15. The van der Waals surface area contributed by atoms with Gasteiger partial charge < -0.3 is 8.83 Å². The van der Waals surface area contributed by atoms with Gasteiger partial charge >= 0.3 is 0 Å². The Bertz CT molecular complexity index is 1450. The van der Waals surface area contributed by atoms with E-state index in [1.54, 1.807) is 0 Å². The molecule has 0 saturated heterocycles. The first-order chi connectivity index (χ1) is 18.6. The van der Waals surface area contributed by atoms with Gasteiger partial charge in [-0.15, -0.1) is 20.4 Å². The Morgan fingerprint density at radius 3 is 1.66 bits per heavy atom. The van der Waals surface area contributed by atoms with Gasteiger partial charge in [0.1, 0.15) is 0 Å². The monoisotopic (exact) mass is 506 g/mol. The van der Waals surface area contributed by atoms with Gasteiger partial charge in [-0.1, -0.05) is 70.4 Å². The Morgan fingerprint density at radius 1 is 0.605 bits per heavy atom. The molecule has 0 bridgehead atoms. The second-order valence-electron chi connectivity index (χ2n) is 9.87. The number of unbranched alkanes of at least 4 members (excludes halogenated alkanes) is 2. The first-order valence-corrected chi connectivity index (χ1v) is 13.6. The van der Waals surface area contributed by atoms with Crippen LogP contribution in [-0.2, 0) is 6.42 Å². The zero-order valence-corrected chi connectivity index (χ0v) is 22.4. The molecule has 2 aromatic heterocycles. The van der Waals surface area contributed by atoms with Gasteiger partial charge in [0.25, 0.3) is 0 Å². The lowest BCUT2D eigenvalue weighted by Crippen LogP contribution is -1.92. The van der Waals surface area contributed by atoms with Crippen molar-refractivity contribution in [3.63, 3.8) is 0 Å². The summed E-state index contributed by atoms with van der Waals surface area (Å²) in [6, 6.07) is 24.5. The van der Waals surface area contributed by atoms with Crippen LogP contribution >= 0.6 is 0 Å². The number of rotatable bonds is 11. The van der Waals surface area contributed by atoms with Crippen LogP contribution in [0.5, 0.6) is 0 Å². The Balaban J connectivity index is 1.30. The highest BCUT2D eigenvalue weighted by atomic mass is 16.4. The van der Waals surface area contributed by atoms with Crippen LogP contribution in [0, 0.1) is 0 Å². The van der Waals surface area contributed by atoms with Gasteiger partial charge in [-0.2, -0.15) is 0 Å². The van der Waals surface area contributed by atoms with Crippen molar-refractivity contribution in [2.45, 2.75) is 65.2 Å². The maximum Gasteiger partial charge on any atom is 0.248 e. The van der Waals surface area contributed by atoms with Gasteiger partial charge in [0.2, 0.25) is 23.6 Å². The fourth-order valence-electron chi connectivity index (χ4n) is 4.65. The van der Waals surface area contributed by atoms with Crippen molar-refractivity contribution in [3.8, 4) is 45.8 Å². The predicted molar refractivity (Wildman–Crippen MR) is 150 cm³/mol. The Morgan fingerprint density at radius 2 is 1.13 bits per heavy atom. The number of nitrogens with zero attached hydrogens (tertiary/aromatic N) is 4. The number of hydrogen-bond acceptors (Lipinski definition) is 6. The Labute approximate surface area is 224 Å². The molecule has 0 aliphatic carbocycles. The third-order valence-electron chi connectivity index (χ3n) is 6.92. The normalized spacial score (nSPS) is 12.1. The molecule has 0 amide bonds. The molecule has 6 heteroatoms. The van der Waals surface area contributed by atoms with Crippen LogP contribution in [0.15, 0.2) is 81.6 Å². The highest BCUT2D eigenvalue weighted by Crippen LogP contribution is 2.30. The third-order valence-corrected chi connectivity index (χ3v) is 6.92. The SMILES string of the molecule is CCCCCc1ccc(-c2nnc(-c3cccc(-c4nnc(-c5ccc(C(C)CCC)cc5)o4)c3)o2)cc1. The lowest BCUT2D eigenvalue weighted by atomic mass is 9.96. The van der Waals surface area contributed by atoms with E-state index in [-0.39, 0.29) is 0 Å². The molecule has 0 aliphatic rings. The van der Waals surface area contributed by atoms with E-state index in [1.165, 1.54) is 43.2 Å². The van der Waals surface area contributed by atoms with Gasteiger partial charge in [-0.25, -0.2) is 0 Å². The summed E-state index contributed by atoms with van der Waals surface area (Å²) < 4.78 is 12.0. The molecule has 194 valence electrons. The van der Waals surface area contributed by atoms with E-state index in [1.807, 2.05) is 48.5 Å². The third kappa shape index (κ3) is 5.91. The van der Waals surface area contributed by atoms with Crippen LogP contribution < -0.4 is 0 Å². The molecule has 0 saturated carbocycles. The van der Waals surface area contributed by atoms with E-state index in [4.69, 9.17) is 8.83 Å². The van der Waals surface area contributed by atoms with E-state index in [9.17, 15) is 0 Å². The van der Waals surface area contributed by atoms with Gasteiger partial charge in [-0.05, 0) is 78.8 Å². The Kier molecular flexibility index (Phi) is 8.07. The maximum absolute atomic E-state index is 6.03.